The van der Waals surface area contributed by atoms with E-state index in [2.05, 4.69) is 28.1 Å². The van der Waals surface area contributed by atoms with Gasteiger partial charge in [-0.05, 0) is 39.9 Å². The number of nitrogen functional groups attached to an aromatic ring is 1. The Morgan fingerprint density at radius 1 is 1.29 bits per heavy atom. The van der Waals surface area contributed by atoms with Crippen LogP contribution in [0.15, 0.2) is 22.7 Å². The van der Waals surface area contributed by atoms with Gasteiger partial charge in [0.1, 0.15) is 0 Å². The molecule has 0 aromatic heterocycles. The summed E-state index contributed by atoms with van der Waals surface area (Å²) in [5.74, 6) is 0.867. The van der Waals surface area contributed by atoms with E-state index in [4.69, 9.17) is 5.73 Å². The van der Waals surface area contributed by atoms with Crippen LogP contribution in [0.3, 0.4) is 0 Å². The number of hydrogen-bond donors (Lipinski definition) is 1. The molecule has 0 heterocycles. The maximum atomic E-state index is 6.01. The molecule has 2 rings (SSSR count). The van der Waals surface area contributed by atoms with E-state index in [1.54, 1.807) is 0 Å². The summed E-state index contributed by atoms with van der Waals surface area (Å²) in [7, 11) is 0. The number of benzene rings is 1. The molecule has 1 aromatic rings. The van der Waals surface area contributed by atoms with Crippen molar-refractivity contribution in [3.63, 3.8) is 0 Å². The average Bonchev–Trinajstić information content (AvgIpc) is 2.66. The molecule has 0 bridgehead atoms. The normalized spacial score (nSPS) is 17.5. The Morgan fingerprint density at radius 3 is 2.71 bits per heavy atom. The summed E-state index contributed by atoms with van der Waals surface area (Å²) in [6, 6.07) is 6.23. The second-order valence-corrected chi connectivity index (χ2v) is 5.02. The third-order valence-electron chi connectivity index (χ3n) is 3.13. The van der Waals surface area contributed by atoms with Crippen LogP contribution in [0.2, 0.25) is 0 Å². The van der Waals surface area contributed by atoms with Crippen LogP contribution in [-0.2, 0) is 6.42 Å². The molecule has 0 spiro atoms. The van der Waals surface area contributed by atoms with E-state index < -0.39 is 0 Å². The Morgan fingerprint density at radius 2 is 2.00 bits per heavy atom. The second-order valence-electron chi connectivity index (χ2n) is 4.17. The fourth-order valence-corrected chi connectivity index (χ4v) is 2.69. The highest BCUT2D eigenvalue weighted by Crippen LogP contribution is 2.31. The van der Waals surface area contributed by atoms with Crippen molar-refractivity contribution in [1.29, 1.82) is 0 Å². The fraction of sp³-hybridized carbons (Fsp3) is 0.500. The molecule has 0 atom stereocenters. The van der Waals surface area contributed by atoms with Crippen LogP contribution in [-0.4, -0.2) is 0 Å². The monoisotopic (exact) mass is 253 g/mol. The van der Waals surface area contributed by atoms with Gasteiger partial charge in [0, 0.05) is 10.2 Å². The van der Waals surface area contributed by atoms with Gasteiger partial charge < -0.3 is 5.73 Å². The molecule has 0 aliphatic heterocycles. The van der Waals surface area contributed by atoms with Crippen molar-refractivity contribution in [2.45, 2.75) is 32.1 Å². The molecule has 1 saturated carbocycles. The van der Waals surface area contributed by atoms with E-state index in [0.29, 0.717) is 0 Å². The lowest BCUT2D eigenvalue weighted by Gasteiger charge is -2.11. The van der Waals surface area contributed by atoms with Crippen molar-refractivity contribution < 1.29 is 0 Å². The quantitative estimate of drug-likeness (QED) is 0.799. The van der Waals surface area contributed by atoms with Crippen molar-refractivity contribution in [3.8, 4) is 0 Å². The van der Waals surface area contributed by atoms with Crippen molar-refractivity contribution in [1.82, 2.24) is 0 Å². The highest BCUT2D eigenvalue weighted by molar-refractivity contribution is 9.10. The fourth-order valence-electron chi connectivity index (χ4n) is 2.29. The van der Waals surface area contributed by atoms with Crippen LogP contribution in [0.5, 0.6) is 0 Å². The first kappa shape index (κ1) is 10.0. The lowest BCUT2D eigenvalue weighted by Crippen LogP contribution is -2.02. The summed E-state index contributed by atoms with van der Waals surface area (Å²) in [6.45, 7) is 0. The topological polar surface area (TPSA) is 26.0 Å². The van der Waals surface area contributed by atoms with Crippen molar-refractivity contribution in [2.24, 2.45) is 5.92 Å². The van der Waals surface area contributed by atoms with Gasteiger partial charge in [-0.3, -0.25) is 0 Å². The minimum absolute atomic E-state index is 0.867. The van der Waals surface area contributed by atoms with Gasteiger partial charge in [0.05, 0.1) is 0 Å². The van der Waals surface area contributed by atoms with Gasteiger partial charge in [0.15, 0.2) is 0 Å². The molecule has 14 heavy (non-hydrogen) atoms. The molecule has 0 unspecified atom stereocenters. The van der Waals surface area contributed by atoms with E-state index in [9.17, 15) is 0 Å². The zero-order valence-electron chi connectivity index (χ0n) is 8.30. The number of anilines is 1. The van der Waals surface area contributed by atoms with Crippen molar-refractivity contribution in [3.05, 3.63) is 28.2 Å². The number of rotatable bonds is 2. The Kier molecular flexibility index (Phi) is 3.12. The molecule has 0 saturated heterocycles. The van der Waals surface area contributed by atoms with Gasteiger partial charge in [-0.1, -0.05) is 37.8 Å². The van der Waals surface area contributed by atoms with E-state index in [0.717, 1.165) is 22.5 Å². The standard InChI is InChI=1S/C12H16BrN/c13-11-7-3-6-10(12(11)14)8-9-4-1-2-5-9/h3,6-7,9H,1-2,4-5,8,14H2. The van der Waals surface area contributed by atoms with Crippen LogP contribution in [0.4, 0.5) is 5.69 Å². The average molecular weight is 254 g/mol. The molecule has 2 heteroatoms. The zero-order chi connectivity index (χ0) is 9.97. The molecular formula is C12H16BrN. The molecule has 76 valence electrons. The molecule has 1 aliphatic carbocycles. The molecule has 0 amide bonds. The maximum absolute atomic E-state index is 6.01. The highest BCUT2D eigenvalue weighted by Gasteiger charge is 2.16. The Bertz CT molecular complexity index is 316. The van der Waals surface area contributed by atoms with Crippen LogP contribution in [0, 0.1) is 5.92 Å². The highest BCUT2D eigenvalue weighted by atomic mass is 79.9. The molecule has 1 aromatic carbocycles. The van der Waals surface area contributed by atoms with Crippen LogP contribution in [0.25, 0.3) is 0 Å². The Hall–Kier alpha value is -0.500. The van der Waals surface area contributed by atoms with E-state index in [1.165, 1.54) is 31.2 Å². The summed E-state index contributed by atoms with van der Waals surface area (Å²) >= 11 is 3.47. The van der Waals surface area contributed by atoms with E-state index in [-0.39, 0.29) is 0 Å². The summed E-state index contributed by atoms with van der Waals surface area (Å²) < 4.78 is 1.04. The molecule has 0 radical (unpaired) electrons. The number of hydrogen-bond acceptors (Lipinski definition) is 1. The molecule has 1 aliphatic rings. The minimum Gasteiger partial charge on any atom is -0.398 e. The van der Waals surface area contributed by atoms with Crippen molar-refractivity contribution in [2.75, 3.05) is 5.73 Å². The number of halogens is 1. The van der Waals surface area contributed by atoms with E-state index in [1.807, 2.05) is 6.07 Å². The van der Waals surface area contributed by atoms with Gasteiger partial charge in [-0.2, -0.15) is 0 Å². The molecule has 2 N–H and O–H groups in total. The third-order valence-corrected chi connectivity index (χ3v) is 3.82. The van der Waals surface area contributed by atoms with Gasteiger partial charge in [-0.25, -0.2) is 0 Å². The van der Waals surface area contributed by atoms with Crippen LogP contribution >= 0.6 is 15.9 Å². The predicted octanol–water partition coefficient (Wildman–Crippen LogP) is 3.76. The van der Waals surface area contributed by atoms with Crippen molar-refractivity contribution >= 4 is 21.6 Å². The lowest BCUT2D eigenvalue weighted by molar-refractivity contribution is 0.547. The number of para-hydroxylation sites is 1. The Balaban J connectivity index is 2.11. The first-order valence-corrected chi connectivity index (χ1v) is 6.09. The predicted molar refractivity (Wildman–Crippen MR) is 64.2 cm³/mol. The maximum Gasteiger partial charge on any atom is 0.0491 e. The summed E-state index contributed by atoms with van der Waals surface area (Å²) in [5.41, 5.74) is 8.26. The van der Waals surface area contributed by atoms with Gasteiger partial charge in [0.25, 0.3) is 0 Å². The van der Waals surface area contributed by atoms with Gasteiger partial charge in [-0.15, -0.1) is 0 Å². The zero-order valence-corrected chi connectivity index (χ0v) is 9.89. The molecule has 1 nitrogen and oxygen atoms in total. The summed E-state index contributed by atoms with van der Waals surface area (Å²) in [4.78, 5) is 0. The first-order chi connectivity index (χ1) is 6.77. The van der Waals surface area contributed by atoms with Gasteiger partial charge in [0.2, 0.25) is 0 Å². The van der Waals surface area contributed by atoms with Crippen LogP contribution in [0.1, 0.15) is 31.2 Å². The van der Waals surface area contributed by atoms with Crippen LogP contribution < -0.4 is 5.73 Å². The molecule has 1 fully saturated rings. The SMILES string of the molecule is Nc1c(Br)cccc1CC1CCCC1. The van der Waals surface area contributed by atoms with Gasteiger partial charge >= 0.3 is 0 Å². The smallest absolute Gasteiger partial charge is 0.0491 e. The molecular weight excluding hydrogens is 238 g/mol. The number of nitrogens with two attached hydrogens (primary N) is 1. The summed E-state index contributed by atoms with van der Waals surface area (Å²) in [5, 5.41) is 0. The largest absolute Gasteiger partial charge is 0.398 e. The first-order valence-electron chi connectivity index (χ1n) is 5.30. The van der Waals surface area contributed by atoms with E-state index >= 15 is 0 Å². The minimum atomic E-state index is 0.867. The summed E-state index contributed by atoms with van der Waals surface area (Å²) in [6.07, 6.45) is 6.72. The Labute approximate surface area is 93.8 Å². The second kappa shape index (κ2) is 4.35. The third kappa shape index (κ3) is 2.11. The lowest BCUT2D eigenvalue weighted by atomic mass is 9.97.